The van der Waals surface area contributed by atoms with Gasteiger partial charge < -0.3 is 15.8 Å². The summed E-state index contributed by atoms with van der Waals surface area (Å²) in [6, 6.07) is 4.54. The van der Waals surface area contributed by atoms with Gasteiger partial charge in [0.15, 0.2) is 15.7 Å². The maximum Gasteiger partial charge on any atom is 0.425 e. The van der Waals surface area contributed by atoms with Crippen LogP contribution in [-0.4, -0.2) is 51.2 Å². The van der Waals surface area contributed by atoms with Crippen LogP contribution in [0.15, 0.2) is 47.0 Å². The molecule has 1 aliphatic carbocycles. The van der Waals surface area contributed by atoms with Gasteiger partial charge in [0.05, 0.1) is 16.8 Å². The number of nitrogens with two attached hydrogens (primary N) is 1. The van der Waals surface area contributed by atoms with Crippen LogP contribution in [0.1, 0.15) is 23.2 Å². The second-order valence-electron chi connectivity index (χ2n) is 7.36. The molecule has 1 saturated carbocycles. The first-order valence-corrected chi connectivity index (χ1v) is 11.5. The van der Waals surface area contributed by atoms with Crippen molar-refractivity contribution >= 4 is 50.9 Å². The van der Waals surface area contributed by atoms with Gasteiger partial charge in [-0.2, -0.15) is 27.1 Å². The van der Waals surface area contributed by atoms with Gasteiger partial charge in [0, 0.05) is 24.8 Å². The zero-order valence-corrected chi connectivity index (χ0v) is 20.8. The van der Waals surface area contributed by atoms with Crippen molar-refractivity contribution < 1.29 is 31.5 Å². The van der Waals surface area contributed by atoms with Crippen LogP contribution in [-0.2, 0) is 4.74 Å². The molecule has 1 atom stereocenters. The Labute approximate surface area is 214 Å². The lowest BCUT2D eigenvalue weighted by Crippen LogP contribution is -2.35. The summed E-state index contributed by atoms with van der Waals surface area (Å²) in [5.74, 6) is -2.96. The van der Waals surface area contributed by atoms with Crippen LogP contribution in [0.25, 0.3) is 11.1 Å². The van der Waals surface area contributed by atoms with E-state index in [0.717, 1.165) is 26.1 Å². The molecular weight excluding hydrogens is 588 g/mol. The predicted molar refractivity (Wildman–Crippen MR) is 124 cm³/mol. The highest BCUT2D eigenvalue weighted by atomic mass is 79.9. The molecule has 1 amide bonds. The minimum absolute atomic E-state index is 0.0829. The molecule has 0 spiro atoms. The molecule has 15 heteroatoms. The fourth-order valence-electron chi connectivity index (χ4n) is 2.91. The van der Waals surface area contributed by atoms with Crippen molar-refractivity contribution in [3.05, 3.63) is 52.6 Å². The first kappa shape index (κ1) is 27.2. The monoisotopic (exact) mass is 603 g/mol. The zero-order chi connectivity index (χ0) is 26.1. The van der Waals surface area contributed by atoms with Crippen LogP contribution in [0.5, 0.6) is 0 Å². The summed E-state index contributed by atoms with van der Waals surface area (Å²) in [4.78, 5) is 16.0. The number of hydrogen-bond donors (Lipinski definition) is 2. The number of rotatable bonds is 7. The van der Waals surface area contributed by atoms with Crippen molar-refractivity contribution in [2.45, 2.75) is 35.5 Å². The van der Waals surface area contributed by atoms with Crippen LogP contribution < -0.4 is 11.1 Å². The third kappa shape index (κ3) is 6.44. The van der Waals surface area contributed by atoms with Gasteiger partial charge in [-0.15, -0.1) is 0 Å². The number of hydrogen-bond acceptors (Lipinski definition) is 5. The number of ether oxygens (including phenoxy) is 1. The summed E-state index contributed by atoms with van der Waals surface area (Å²) in [7, 11) is 0.991. The van der Waals surface area contributed by atoms with Crippen molar-refractivity contribution in [3.63, 3.8) is 0 Å². The molecule has 0 bridgehead atoms. The normalized spacial score (nSPS) is 16.5. The molecule has 1 fully saturated rings. The fourth-order valence-corrected chi connectivity index (χ4v) is 3.25. The number of halogens is 8. The molecule has 7 nitrogen and oxygen atoms in total. The van der Waals surface area contributed by atoms with E-state index in [9.17, 15) is 26.7 Å². The number of benzene rings is 1. The Morgan fingerprint density at radius 3 is 2.51 bits per heavy atom. The highest BCUT2D eigenvalue weighted by Gasteiger charge is 2.46. The SMILES string of the molecule is CN=C(C(=C(N)OC(F)(F)C(Cl)Br)C(F)(F)F)n1cc(-c2ccc(Cl)c(C(=O)NC3CC3)c2)cn1. The molecule has 1 aromatic heterocycles. The molecule has 0 radical (unpaired) electrons. The number of aliphatic imine (C=N–C) groups is 1. The molecule has 2 aromatic rings. The minimum Gasteiger partial charge on any atom is -0.415 e. The van der Waals surface area contributed by atoms with E-state index in [2.05, 4.69) is 36.1 Å². The molecule has 190 valence electrons. The lowest BCUT2D eigenvalue weighted by atomic mass is 10.1. The number of nitrogens with zero attached hydrogens (tertiary/aromatic N) is 3. The highest BCUT2D eigenvalue weighted by molar-refractivity contribution is 9.10. The smallest absolute Gasteiger partial charge is 0.415 e. The second kappa shape index (κ2) is 10.3. The van der Waals surface area contributed by atoms with Gasteiger partial charge in [0.1, 0.15) is 0 Å². The average molecular weight is 605 g/mol. The Hall–Kier alpha value is -2.38. The van der Waals surface area contributed by atoms with Crippen LogP contribution in [0.2, 0.25) is 5.02 Å². The first-order valence-electron chi connectivity index (χ1n) is 9.79. The van der Waals surface area contributed by atoms with Crippen LogP contribution in [0.4, 0.5) is 22.0 Å². The molecule has 1 unspecified atom stereocenters. The molecule has 3 N–H and O–H groups in total. The van der Waals surface area contributed by atoms with E-state index in [1.807, 2.05) is 0 Å². The van der Waals surface area contributed by atoms with E-state index in [4.69, 9.17) is 28.9 Å². The van der Waals surface area contributed by atoms with Crippen LogP contribution in [0, 0.1) is 0 Å². The topological polar surface area (TPSA) is 94.5 Å². The van der Waals surface area contributed by atoms with E-state index < -0.39 is 33.9 Å². The number of carbonyl (C=O) groups excluding carboxylic acids is 1. The van der Waals surface area contributed by atoms with Crippen molar-refractivity contribution in [2.24, 2.45) is 10.7 Å². The van der Waals surface area contributed by atoms with E-state index in [1.54, 1.807) is 0 Å². The lowest BCUT2D eigenvalue weighted by molar-refractivity contribution is -0.203. The summed E-state index contributed by atoms with van der Waals surface area (Å²) in [6.07, 6.45) is -5.43. The Kier molecular flexibility index (Phi) is 8.02. The first-order chi connectivity index (χ1) is 16.2. The van der Waals surface area contributed by atoms with Crippen LogP contribution in [0.3, 0.4) is 0 Å². The van der Waals surface area contributed by atoms with E-state index in [1.165, 1.54) is 24.4 Å². The third-order valence-corrected chi connectivity index (χ3v) is 5.84. The number of alkyl halides is 7. The predicted octanol–water partition coefficient (Wildman–Crippen LogP) is 5.27. The second-order valence-corrected chi connectivity index (χ2v) is 9.65. The van der Waals surface area contributed by atoms with Gasteiger partial charge in [0.25, 0.3) is 5.91 Å². The van der Waals surface area contributed by atoms with Gasteiger partial charge in [-0.25, -0.2) is 4.68 Å². The molecule has 1 heterocycles. The van der Waals surface area contributed by atoms with E-state index in [0.29, 0.717) is 10.2 Å². The molecule has 0 saturated heterocycles. The average Bonchev–Trinajstić information content (AvgIpc) is 3.42. The molecule has 0 aliphatic heterocycles. The number of nitrogens with one attached hydrogen (secondary N) is 1. The third-order valence-electron chi connectivity index (χ3n) is 4.72. The Balaban J connectivity index is 1.98. The fraction of sp³-hybridized carbons (Fsp3) is 0.350. The molecule has 3 rings (SSSR count). The molecule has 35 heavy (non-hydrogen) atoms. The number of aromatic nitrogens is 2. The quantitative estimate of drug-likeness (QED) is 0.148. The summed E-state index contributed by atoms with van der Waals surface area (Å²) >= 11 is 13.7. The highest BCUT2D eigenvalue weighted by Crippen LogP contribution is 2.35. The van der Waals surface area contributed by atoms with Crippen molar-refractivity contribution in [3.8, 4) is 11.1 Å². The van der Waals surface area contributed by atoms with Crippen molar-refractivity contribution in [1.82, 2.24) is 15.1 Å². The van der Waals surface area contributed by atoms with Crippen molar-refractivity contribution in [2.75, 3.05) is 7.05 Å². The summed E-state index contributed by atoms with van der Waals surface area (Å²) in [6.45, 7) is 0. The van der Waals surface area contributed by atoms with Gasteiger partial charge in [-0.1, -0.05) is 45.2 Å². The number of carbonyl (C=O) groups is 1. The van der Waals surface area contributed by atoms with Gasteiger partial charge in [0.2, 0.25) is 5.88 Å². The molecule has 1 aromatic carbocycles. The van der Waals surface area contributed by atoms with Gasteiger partial charge >= 0.3 is 12.3 Å². The van der Waals surface area contributed by atoms with Gasteiger partial charge in [-0.05, 0) is 30.5 Å². The number of amides is 1. The summed E-state index contributed by atoms with van der Waals surface area (Å²) < 4.78 is 71.5. The Morgan fingerprint density at radius 1 is 1.31 bits per heavy atom. The van der Waals surface area contributed by atoms with E-state index in [-0.39, 0.29) is 28.1 Å². The van der Waals surface area contributed by atoms with E-state index >= 15 is 0 Å². The minimum atomic E-state index is -5.25. The van der Waals surface area contributed by atoms with Crippen molar-refractivity contribution in [1.29, 1.82) is 0 Å². The number of allylic oxidation sites excluding steroid dienone is 1. The Bertz CT molecular complexity index is 1180. The molecular formula is C20H17BrCl2F5N5O2. The Morgan fingerprint density at radius 2 is 1.97 bits per heavy atom. The van der Waals surface area contributed by atoms with Gasteiger partial charge in [-0.3, -0.25) is 9.79 Å². The zero-order valence-electron chi connectivity index (χ0n) is 17.7. The maximum atomic E-state index is 13.8. The van der Waals surface area contributed by atoms with Crippen LogP contribution >= 0.6 is 39.1 Å². The molecule has 1 aliphatic rings. The largest absolute Gasteiger partial charge is 0.425 e. The lowest BCUT2D eigenvalue weighted by Gasteiger charge is -2.22. The summed E-state index contributed by atoms with van der Waals surface area (Å²) in [5.41, 5.74) is 4.35. The maximum absolute atomic E-state index is 13.8. The summed E-state index contributed by atoms with van der Waals surface area (Å²) in [5, 5.41) is 6.84. The standard InChI is InChI=1S/C20H17BrCl2F5N5O2/c1-30-16(14(19(24,25)26)15(29)35-20(27,28)18(21)23)33-8-10(7-31-33)9-2-5-13(22)12(6-9)17(34)32-11-3-4-11/h2,5-8,11,18H,3-4,29H2,1H3,(H,32,34).